The van der Waals surface area contributed by atoms with Gasteiger partial charge in [0.2, 0.25) is 0 Å². The minimum absolute atomic E-state index is 0.656. The Labute approximate surface area is 135 Å². The van der Waals surface area contributed by atoms with Gasteiger partial charge >= 0.3 is 0 Å². The van der Waals surface area contributed by atoms with Crippen LogP contribution in [-0.2, 0) is 0 Å². The molecule has 2 N–H and O–H groups in total. The molecule has 0 aliphatic heterocycles. The van der Waals surface area contributed by atoms with Gasteiger partial charge in [0, 0.05) is 16.6 Å². The van der Waals surface area contributed by atoms with Crippen molar-refractivity contribution < 1.29 is 14.2 Å². The summed E-state index contributed by atoms with van der Waals surface area (Å²) in [5.41, 5.74) is 8.82. The van der Waals surface area contributed by atoms with Crippen molar-refractivity contribution >= 4 is 16.5 Å². The first-order valence-corrected chi connectivity index (χ1v) is 7.27. The molecule has 23 heavy (non-hydrogen) atoms. The molecule has 0 aliphatic rings. The van der Waals surface area contributed by atoms with E-state index in [-0.39, 0.29) is 0 Å². The first-order chi connectivity index (χ1) is 11.2. The van der Waals surface area contributed by atoms with Crippen LogP contribution in [0.3, 0.4) is 0 Å². The zero-order valence-corrected chi connectivity index (χ0v) is 13.4. The standard InChI is InChI=1S/C19H19NO3/c1-21-13-9-7-12(8-10-13)18-14-5-4-6-16(20)15(14)11-17(22-2)19(18)23-3/h4-11H,20H2,1-3H3. The topological polar surface area (TPSA) is 53.7 Å². The molecule has 0 saturated carbocycles. The van der Waals surface area contributed by atoms with Gasteiger partial charge < -0.3 is 19.9 Å². The van der Waals surface area contributed by atoms with Gasteiger partial charge in [-0.05, 0) is 35.2 Å². The smallest absolute Gasteiger partial charge is 0.169 e. The normalized spacial score (nSPS) is 10.6. The number of methoxy groups -OCH3 is 3. The number of benzene rings is 3. The molecule has 0 bridgehead atoms. The van der Waals surface area contributed by atoms with E-state index >= 15 is 0 Å². The minimum Gasteiger partial charge on any atom is -0.497 e. The number of hydrogen-bond acceptors (Lipinski definition) is 4. The van der Waals surface area contributed by atoms with E-state index in [0.29, 0.717) is 17.2 Å². The third kappa shape index (κ3) is 2.52. The SMILES string of the molecule is COc1ccc(-c2c(OC)c(OC)cc3c(N)cccc23)cc1. The number of hydrogen-bond donors (Lipinski definition) is 1. The largest absolute Gasteiger partial charge is 0.497 e. The lowest BCUT2D eigenvalue weighted by Crippen LogP contribution is -1.97. The molecule has 0 fully saturated rings. The maximum Gasteiger partial charge on any atom is 0.169 e. The summed E-state index contributed by atoms with van der Waals surface area (Å²) in [6.07, 6.45) is 0. The molecule has 0 saturated heterocycles. The van der Waals surface area contributed by atoms with Crippen LogP contribution in [0, 0.1) is 0 Å². The third-order valence-electron chi connectivity index (χ3n) is 3.94. The molecule has 3 rings (SSSR count). The Morgan fingerprint density at radius 2 is 1.52 bits per heavy atom. The van der Waals surface area contributed by atoms with E-state index in [0.717, 1.165) is 27.6 Å². The molecule has 3 aromatic rings. The average Bonchev–Trinajstić information content (AvgIpc) is 2.60. The molecule has 0 spiro atoms. The number of fused-ring (bicyclic) bond motifs is 1. The third-order valence-corrected chi connectivity index (χ3v) is 3.94. The molecule has 0 aromatic heterocycles. The molecular formula is C19H19NO3. The molecule has 0 unspecified atom stereocenters. The highest BCUT2D eigenvalue weighted by atomic mass is 16.5. The van der Waals surface area contributed by atoms with Crippen molar-refractivity contribution in [3.05, 3.63) is 48.5 Å². The van der Waals surface area contributed by atoms with E-state index in [1.807, 2.05) is 48.5 Å². The number of rotatable bonds is 4. The van der Waals surface area contributed by atoms with Crippen molar-refractivity contribution in [2.75, 3.05) is 27.1 Å². The summed E-state index contributed by atoms with van der Waals surface area (Å²) in [4.78, 5) is 0. The Kier molecular flexibility index (Phi) is 3.98. The second-order valence-corrected chi connectivity index (χ2v) is 5.16. The van der Waals surface area contributed by atoms with Crippen LogP contribution in [0.5, 0.6) is 17.2 Å². The fourth-order valence-corrected chi connectivity index (χ4v) is 2.80. The number of ether oxygens (including phenoxy) is 3. The molecule has 3 aromatic carbocycles. The van der Waals surface area contributed by atoms with Crippen LogP contribution in [0.15, 0.2) is 48.5 Å². The Morgan fingerprint density at radius 1 is 0.783 bits per heavy atom. The van der Waals surface area contributed by atoms with E-state index in [9.17, 15) is 0 Å². The van der Waals surface area contributed by atoms with Crippen molar-refractivity contribution in [1.29, 1.82) is 0 Å². The maximum absolute atomic E-state index is 6.15. The van der Waals surface area contributed by atoms with E-state index in [2.05, 4.69) is 0 Å². The van der Waals surface area contributed by atoms with Gasteiger partial charge in [-0.15, -0.1) is 0 Å². The number of nitrogen functional groups attached to an aromatic ring is 1. The predicted molar refractivity (Wildman–Crippen MR) is 93.5 cm³/mol. The molecule has 118 valence electrons. The molecule has 0 atom stereocenters. The molecule has 0 amide bonds. The van der Waals surface area contributed by atoms with Crippen LogP contribution >= 0.6 is 0 Å². The minimum atomic E-state index is 0.656. The Morgan fingerprint density at radius 3 is 2.13 bits per heavy atom. The summed E-state index contributed by atoms with van der Waals surface area (Å²) in [5.74, 6) is 2.15. The predicted octanol–water partition coefficient (Wildman–Crippen LogP) is 4.11. The Bertz CT molecular complexity index is 841. The zero-order chi connectivity index (χ0) is 16.4. The van der Waals surface area contributed by atoms with Crippen molar-refractivity contribution in [2.45, 2.75) is 0 Å². The molecule has 0 radical (unpaired) electrons. The Hall–Kier alpha value is -2.88. The van der Waals surface area contributed by atoms with Crippen LogP contribution < -0.4 is 19.9 Å². The summed E-state index contributed by atoms with van der Waals surface area (Å²) >= 11 is 0. The van der Waals surface area contributed by atoms with Gasteiger partial charge in [0.1, 0.15) is 5.75 Å². The highest BCUT2D eigenvalue weighted by molar-refractivity contribution is 6.06. The molecule has 0 heterocycles. The average molecular weight is 309 g/mol. The summed E-state index contributed by atoms with van der Waals surface area (Å²) in [5, 5.41) is 1.96. The summed E-state index contributed by atoms with van der Waals surface area (Å²) in [6.45, 7) is 0. The second kappa shape index (κ2) is 6.08. The lowest BCUT2D eigenvalue weighted by atomic mass is 9.95. The zero-order valence-electron chi connectivity index (χ0n) is 13.4. The van der Waals surface area contributed by atoms with Gasteiger partial charge in [0.05, 0.1) is 21.3 Å². The van der Waals surface area contributed by atoms with Crippen molar-refractivity contribution in [3.63, 3.8) is 0 Å². The van der Waals surface area contributed by atoms with Gasteiger partial charge in [-0.3, -0.25) is 0 Å². The fraction of sp³-hybridized carbons (Fsp3) is 0.158. The first-order valence-electron chi connectivity index (χ1n) is 7.27. The number of anilines is 1. The highest BCUT2D eigenvalue weighted by Gasteiger charge is 2.17. The Balaban J connectivity index is 2.37. The number of nitrogens with two attached hydrogens (primary N) is 1. The van der Waals surface area contributed by atoms with Crippen LogP contribution in [0.1, 0.15) is 0 Å². The van der Waals surface area contributed by atoms with Crippen molar-refractivity contribution in [3.8, 4) is 28.4 Å². The van der Waals surface area contributed by atoms with E-state index < -0.39 is 0 Å². The summed E-state index contributed by atoms with van der Waals surface area (Å²) < 4.78 is 16.4. The van der Waals surface area contributed by atoms with Crippen LogP contribution in [0.2, 0.25) is 0 Å². The maximum atomic E-state index is 6.15. The summed E-state index contributed by atoms with van der Waals surface area (Å²) in [6, 6.07) is 15.6. The van der Waals surface area contributed by atoms with Crippen LogP contribution in [0.25, 0.3) is 21.9 Å². The van der Waals surface area contributed by atoms with E-state index in [1.54, 1.807) is 21.3 Å². The first kappa shape index (κ1) is 15.0. The van der Waals surface area contributed by atoms with Gasteiger partial charge in [-0.25, -0.2) is 0 Å². The van der Waals surface area contributed by atoms with Crippen LogP contribution in [-0.4, -0.2) is 21.3 Å². The quantitative estimate of drug-likeness (QED) is 0.737. The molecular weight excluding hydrogens is 290 g/mol. The van der Waals surface area contributed by atoms with Crippen LogP contribution in [0.4, 0.5) is 5.69 Å². The van der Waals surface area contributed by atoms with E-state index in [1.165, 1.54) is 0 Å². The molecule has 0 aliphatic carbocycles. The van der Waals surface area contributed by atoms with Gasteiger partial charge in [-0.2, -0.15) is 0 Å². The van der Waals surface area contributed by atoms with E-state index in [4.69, 9.17) is 19.9 Å². The van der Waals surface area contributed by atoms with Gasteiger partial charge in [0.15, 0.2) is 11.5 Å². The van der Waals surface area contributed by atoms with Crippen molar-refractivity contribution in [2.24, 2.45) is 0 Å². The molecule has 4 nitrogen and oxygen atoms in total. The monoisotopic (exact) mass is 309 g/mol. The lowest BCUT2D eigenvalue weighted by Gasteiger charge is -2.17. The fourth-order valence-electron chi connectivity index (χ4n) is 2.80. The van der Waals surface area contributed by atoms with Crippen molar-refractivity contribution in [1.82, 2.24) is 0 Å². The lowest BCUT2D eigenvalue weighted by molar-refractivity contribution is 0.357. The van der Waals surface area contributed by atoms with Gasteiger partial charge in [0.25, 0.3) is 0 Å². The second-order valence-electron chi connectivity index (χ2n) is 5.16. The highest BCUT2D eigenvalue weighted by Crippen LogP contribution is 2.45. The summed E-state index contributed by atoms with van der Waals surface area (Å²) in [7, 11) is 4.92. The molecule has 4 heteroatoms. The van der Waals surface area contributed by atoms with Gasteiger partial charge in [-0.1, -0.05) is 24.3 Å².